The van der Waals surface area contributed by atoms with Crippen molar-refractivity contribution in [1.29, 1.82) is 0 Å². The summed E-state index contributed by atoms with van der Waals surface area (Å²) in [5.41, 5.74) is 3.11. The molecule has 0 aliphatic carbocycles. The number of sulfonamides is 1. The summed E-state index contributed by atoms with van der Waals surface area (Å²) in [4.78, 5) is 12.6. The number of anilines is 1. The van der Waals surface area contributed by atoms with Crippen LogP contribution in [0.5, 0.6) is 0 Å². The van der Waals surface area contributed by atoms with E-state index in [0.29, 0.717) is 25.1 Å². The van der Waals surface area contributed by atoms with Gasteiger partial charge in [0.05, 0.1) is 4.90 Å². The summed E-state index contributed by atoms with van der Waals surface area (Å²) in [7, 11) is -2.03. The minimum Gasteiger partial charge on any atom is -0.385 e. The summed E-state index contributed by atoms with van der Waals surface area (Å²) in [6.45, 7) is 4.63. The zero-order chi connectivity index (χ0) is 19.2. The minimum atomic E-state index is -3.59. The number of hydrogen-bond donors (Lipinski definition) is 2. The van der Waals surface area contributed by atoms with Gasteiger partial charge in [-0.15, -0.1) is 0 Å². The zero-order valence-corrected chi connectivity index (χ0v) is 16.0. The molecule has 1 amide bonds. The second-order valence-corrected chi connectivity index (χ2v) is 7.76. The molecule has 6 nitrogen and oxygen atoms in total. The molecule has 2 aromatic rings. The van der Waals surface area contributed by atoms with Crippen LogP contribution in [0.4, 0.5) is 5.69 Å². The number of carbonyl (C=O) groups excluding carboxylic acids is 1. The molecule has 0 heterocycles. The SMILES string of the molecule is COCCCNS(=O)(=O)c1ccc(C(=O)Nc2c(C)cccc2C)cc1. The lowest BCUT2D eigenvalue weighted by Crippen LogP contribution is -2.25. The monoisotopic (exact) mass is 376 g/mol. The fourth-order valence-electron chi connectivity index (χ4n) is 2.49. The summed E-state index contributed by atoms with van der Waals surface area (Å²) in [6, 6.07) is 11.6. The molecule has 0 spiro atoms. The molecule has 0 saturated carbocycles. The van der Waals surface area contributed by atoms with E-state index in [9.17, 15) is 13.2 Å². The van der Waals surface area contributed by atoms with Crippen LogP contribution >= 0.6 is 0 Å². The molecule has 0 aliphatic rings. The molecule has 2 rings (SSSR count). The van der Waals surface area contributed by atoms with Gasteiger partial charge in [0.15, 0.2) is 0 Å². The van der Waals surface area contributed by atoms with E-state index in [2.05, 4.69) is 10.0 Å². The van der Waals surface area contributed by atoms with Crippen LogP contribution in [0.25, 0.3) is 0 Å². The lowest BCUT2D eigenvalue weighted by molar-refractivity contribution is 0.102. The van der Waals surface area contributed by atoms with Gasteiger partial charge in [0.2, 0.25) is 10.0 Å². The molecule has 0 fully saturated rings. The average molecular weight is 376 g/mol. The lowest BCUT2D eigenvalue weighted by atomic mass is 10.1. The maximum Gasteiger partial charge on any atom is 0.255 e. The molecule has 0 bridgehead atoms. The van der Waals surface area contributed by atoms with Crippen LogP contribution in [-0.2, 0) is 14.8 Å². The Bertz CT molecular complexity index is 841. The molecule has 140 valence electrons. The molecular weight excluding hydrogens is 352 g/mol. The topological polar surface area (TPSA) is 84.5 Å². The Morgan fingerprint density at radius 1 is 1.04 bits per heavy atom. The maximum absolute atomic E-state index is 12.4. The Morgan fingerprint density at radius 3 is 2.23 bits per heavy atom. The fourth-order valence-corrected chi connectivity index (χ4v) is 3.56. The van der Waals surface area contributed by atoms with Crippen LogP contribution < -0.4 is 10.0 Å². The van der Waals surface area contributed by atoms with Gasteiger partial charge >= 0.3 is 0 Å². The number of benzene rings is 2. The van der Waals surface area contributed by atoms with Crippen molar-refractivity contribution in [1.82, 2.24) is 4.72 Å². The van der Waals surface area contributed by atoms with Crippen LogP contribution in [0, 0.1) is 13.8 Å². The van der Waals surface area contributed by atoms with E-state index in [1.165, 1.54) is 24.3 Å². The molecule has 0 atom stereocenters. The number of amides is 1. The quantitative estimate of drug-likeness (QED) is 0.694. The van der Waals surface area contributed by atoms with Crippen LogP contribution in [-0.4, -0.2) is 34.6 Å². The number of ether oxygens (including phenoxy) is 1. The standard InChI is InChI=1S/C19H24N2O4S/c1-14-6-4-7-15(2)18(14)21-19(22)16-8-10-17(11-9-16)26(23,24)20-12-5-13-25-3/h4,6-11,20H,5,12-13H2,1-3H3,(H,21,22). The molecule has 2 N–H and O–H groups in total. The van der Waals surface area contributed by atoms with E-state index in [4.69, 9.17) is 4.74 Å². The van der Waals surface area contributed by atoms with Crippen LogP contribution in [0.1, 0.15) is 27.9 Å². The van der Waals surface area contributed by atoms with E-state index in [-0.39, 0.29) is 10.8 Å². The summed E-state index contributed by atoms with van der Waals surface area (Å²) in [5.74, 6) is -0.278. The summed E-state index contributed by atoms with van der Waals surface area (Å²) >= 11 is 0. The van der Waals surface area contributed by atoms with Gasteiger partial charge in [-0.05, 0) is 55.7 Å². The van der Waals surface area contributed by atoms with Crippen molar-refractivity contribution in [2.45, 2.75) is 25.2 Å². The third-order valence-corrected chi connectivity index (χ3v) is 5.44. The molecule has 0 radical (unpaired) electrons. The van der Waals surface area contributed by atoms with Gasteiger partial charge in [0.1, 0.15) is 0 Å². The highest BCUT2D eigenvalue weighted by molar-refractivity contribution is 7.89. The van der Waals surface area contributed by atoms with Gasteiger partial charge < -0.3 is 10.1 Å². The Labute approximate surface area is 154 Å². The van der Waals surface area contributed by atoms with Crippen molar-refractivity contribution < 1.29 is 17.9 Å². The van der Waals surface area contributed by atoms with Crippen molar-refractivity contribution in [2.75, 3.05) is 25.6 Å². The molecule has 0 aliphatic heterocycles. The molecule has 7 heteroatoms. The van der Waals surface area contributed by atoms with Gasteiger partial charge in [-0.3, -0.25) is 4.79 Å². The first-order valence-electron chi connectivity index (χ1n) is 8.31. The van der Waals surface area contributed by atoms with E-state index >= 15 is 0 Å². The number of hydrogen-bond acceptors (Lipinski definition) is 4. The highest BCUT2D eigenvalue weighted by Gasteiger charge is 2.15. The average Bonchev–Trinajstić information content (AvgIpc) is 2.62. The Kier molecular flexibility index (Phi) is 6.90. The molecule has 0 saturated heterocycles. The molecular formula is C19H24N2O4S. The van der Waals surface area contributed by atoms with Crippen molar-refractivity contribution in [3.63, 3.8) is 0 Å². The first-order chi connectivity index (χ1) is 12.3. The summed E-state index contributed by atoms with van der Waals surface area (Å²) in [6.07, 6.45) is 0.589. The summed E-state index contributed by atoms with van der Waals surface area (Å²) < 4.78 is 31.8. The highest BCUT2D eigenvalue weighted by atomic mass is 32.2. The Hall–Kier alpha value is -2.22. The predicted octanol–water partition coefficient (Wildman–Crippen LogP) is 2.87. The van der Waals surface area contributed by atoms with Gasteiger partial charge in [-0.2, -0.15) is 0 Å². The number of rotatable bonds is 8. The van der Waals surface area contributed by atoms with Crippen molar-refractivity contribution in [3.8, 4) is 0 Å². The van der Waals surface area contributed by atoms with E-state index in [0.717, 1.165) is 16.8 Å². The predicted molar refractivity (Wildman–Crippen MR) is 102 cm³/mol. The Balaban J connectivity index is 2.08. The summed E-state index contributed by atoms with van der Waals surface area (Å²) in [5, 5.41) is 2.88. The van der Waals surface area contributed by atoms with Crippen molar-refractivity contribution >= 4 is 21.6 Å². The highest BCUT2D eigenvalue weighted by Crippen LogP contribution is 2.20. The van der Waals surface area contributed by atoms with Crippen LogP contribution in [0.2, 0.25) is 0 Å². The second kappa shape index (κ2) is 8.93. The second-order valence-electron chi connectivity index (χ2n) is 5.99. The number of aryl methyl sites for hydroxylation is 2. The number of para-hydroxylation sites is 1. The van der Waals surface area contributed by atoms with Gasteiger partial charge in [0.25, 0.3) is 5.91 Å². The van der Waals surface area contributed by atoms with Crippen LogP contribution in [0.3, 0.4) is 0 Å². The molecule has 0 aromatic heterocycles. The number of methoxy groups -OCH3 is 1. The number of carbonyl (C=O) groups is 1. The normalized spacial score (nSPS) is 11.3. The maximum atomic E-state index is 12.4. The smallest absolute Gasteiger partial charge is 0.255 e. The lowest BCUT2D eigenvalue weighted by Gasteiger charge is -2.12. The molecule has 26 heavy (non-hydrogen) atoms. The van der Waals surface area contributed by atoms with Gasteiger partial charge in [-0.1, -0.05) is 18.2 Å². The van der Waals surface area contributed by atoms with E-state index in [1.807, 2.05) is 32.0 Å². The Morgan fingerprint density at radius 2 is 1.65 bits per heavy atom. The van der Waals surface area contributed by atoms with Crippen molar-refractivity contribution in [2.24, 2.45) is 0 Å². The third kappa shape index (κ3) is 5.14. The van der Waals surface area contributed by atoms with Crippen molar-refractivity contribution in [3.05, 3.63) is 59.2 Å². The van der Waals surface area contributed by atoms with E-state index < -0.39 is 10.0 Å². The minimum absolute atomic E-state index is 0.124. The van der Waals surface area contributed by atoms with Gasteiger partial charge in [0, 0.05) is 31.5 Å². The first-order valence-corrected chi connectivity index (χ1v) is 9.79. The first kappa shape index (κ1) is 20.1. The van der Waals surface area contributed by atoms with E-state index in [1.54, 1.807) is 7.11 Å². The molecule has 0 unspecified atom stereocenters. The molecule has 2 aromatic carbocycles. The fraction of sp³-hybridized carbons (Fsp3) is 0.316. The largest absolute Gasteiger partial charge is 0.385 e. The van der Waals surface area contributed by atoms with Gasteiger partial charge in [-0.25, -0.2) is 13.1 Å². The number of nitrogens with one attached hydrogen (secondary N) is 2. The third-order valence-electron chi connectivity index (χ3n) is 3.96. The zero-order valence-electron chi connectivity index (χ0n) is 15.2. The van der Waals surface area contributed by atoms with Crippen LogP contribution in [0.15, 0.2) is 47.4 Å².